The van der Waals surface area contributed by atoms with Crippen LogP contribution in [0.15, 0.2) is 0 Å². The van der Waals surface area contributed by atoms with Gasteiger partial charge in [-0.2, -0.15) is 0 Å². The molecule has 15 heavy (non-hydrogen) atoms. The fourth-order valence-corrected chi connectivity index (χ4v) is 2.32. The van der Waals surface area contributed by atoms with E-state index < -0.39 is 0 Å². The molecule has 2 N–H and O–H groups in total. The minimum atomic E-state index is -0.271. The fourth-order valence-electron chi connectivity index (χ4n) is 2.32. The van der Waals surface area contributed by atoms with Gasteiger partial charge < -0.3 is 15.3 Å². The summed E-state index contributed by atoms with van der Waals surface area (Å²) in [5.74, 6) is 0.945. The van der Waals surface area contributed by atoms with Crippen molar-refractivity contribution in [1.29, 1.82) is 0 Å². The van der Waals surface area contributed by atoms with Gasteiger partial charge in [-0.25, -0.2) is 0 Å². The van der Waals surface area contributed by atoms with Crippen molar-refractivity contribution in [3.63, 3.8) is 0 Å². The molecule has 2 saturated heterocycles. The van der Waals surface area contributed by atoms with Crippen LogP contribution in [0, 0.1) is 5.92 Å². The largest absolute Gasteiger partial charge is 0.389 e. The predicted octanol–water partition coefficient (Wildman–Crippen LogP) is -0.0307. The van der Waals surface area contributed by atoms with Crippen LogP contribution < -0.4 is 5.32 Å². The Morgan fingerprint density at radius 3 is 2.60 bits per heavy atom. The number of likely N-dealkylation sites (tertiary alicyclic amines) is 1. The van der Waals surface area contributed by atoms with Gasteiger partial charge in [0.2, 0.25) is 5.91 Å². The quantitative estimate of drug-likeness (QED) is 0.690. The van der Waals surface area contributed by atoms with Crippen molar-refractivity contribution in [3.8, 4) is 0 Å². The Labute approximate surface area is 90.6 Å². The number of carbonyl (C=O) groups is 1. The van der Waals surface area contributed by atoms with E-state index in [1.807, 2.05) is 0 Å². The van der Waals surface area contributed by atoms with E-state index in [9.17, 15) is 4.79 Å². The Balaban J connectivity index is 1.62. The lowest BCUT2D eigenvalue weighted by Crippen LogP contribution is -2.53. The van der Waals surface area contributed by atoms with Gasteiger partial charge in [-0.3, -0.25) is 4.79 Å². The van der Waals surface area contributed by atoms with Crippen LogP contribution in [0.25, 0.3) is 0 Å². The van der Waals surface area contributed by atoms with Gasteiger partial charge in [0.25, 0.3) is 0 Å². The maximum Gasteiger partial charge on any atom is 0.222 e. The van der Waals surface area contributed by atoms with Crippen molar-refractivity contribution in [3.05, 3.63) is 0 Å². The van der Waals surface area contributed by atoms with Crippen LogP contribution in [0.1, 0.15) is 25.7 Å². The molecular weight excluding hydrogens is 192 g/mol. The van der Waals surface area contributed by atoms with Gasteiger partial charge in [0, 0.05) is 19.5 Å². The maximum absolute atomic E-state index is 11.6. The van der Waals surface area contributed by atoms with E-state index in [-0.39, 0.29) is 12.0 Å². The molecule has 0 aromatic carbocycles. The van der Waals surface area contributed by atoms with Crippen molar-refractivity contribution in [2.24, 2.45) is 5.92 Å². The fraction of sp³-hybridized carbons (Fsp3) is 0.909. The van der Waals surface area contributed by atoms with Crippen LogP contribution in [0.2, 0.25) is 0 Å². The van der Waals surface area contributed by atoms with Crippen molar-refractivity contribution in [2.45, 2.75) is 31.8 Å². The van der Waals surface area contributed by atoms with Crippen molar-refractivity contribution in [1.82, 2.24) is 10.2 Å². The molecule has 4 heteroatoms. The Kier molecular flexibility index (Phi) is 3.59. The number of aliphatic hydroxyl groups is 1. The molecule has 1 amide bonds. The second-order valence-electron chi connectivity index (χ2n) is 4.68. The molecule has 2 rings (SSSR count). The molecule has 0 aromatic heterocycles. The second-order valence-corrected chi connectivity index (χ2v) is 4.68. The van der Waals surface area contributed by atoms with Gasteiger partial charge in [0.05, 0.1) is 6.10 Å². The number of rotatable bonds is 3. The van der Waals surface area contributed by atoms with E-state index in [0.717, 1.165) is 25.4 Å². The SMILES string of the molecule is O=C(CCC1CCNCC1)N1CC(O)C1. The van der Waals surface area contributed by atoms with Crippen LogP contribution in [0.4, 0.5) is 0 Å². The van der Waals surface area contributed by atoms with E-state index in [1.165, 1.54) is 12.8 Å². The van der Waals surface area contributed by atoms with Crippen LogP contribution in [0.3, 0.4) is 0 Å². The van der Waals surface area contributed by atoms with E-state index in [1.54, 1.807) is 4.90 Å². The zero-order valence-electron chi connectivity index (χ0n) is 9.11. The normalized spacial score (nSPS) is 23.9. The zero-order valence-corrected chi connectivity index (χ0v) is 9.11. The van der Waals surface area contributed by atoms with Gasteiger partial charge in [-0.15, -0.1) is 0 Å². The minimum absolute atomic E-state index is 0.221. The van der Waals surface area contributed by atoms with E-state index in [4.69, 9.17) is 5.11 Å². The number of nitrogens with zero attached hydrogens (tertiary/aromatic N) is 1. The lowest BCUT2D eigenvalue weighted by atomic mass is 9.93. The van der Waals surface area contributed by atoms with E-state index in [2.05, 4.69) is 5.32 Å². The highest BCUT2D eigenvalue weighted by Gasteiger charge is 2.28. The van der Waals surface area contributed by atoms with Gasteiger partial charge in [-0.05, 0) is 38.3 Å². The predicted molar refractivity (Wildman–Crippen MR) is 57.4 cm³/mol. The summed E-state index contributed by atoms with van der Waals surface area (Å²) in [6.07, 6.45) is 3.82. The van der Waals surface area contributed by atoms with E-state index in [0.29, 0.717) is 19.5 Å². The van der Waals surface area contributed by atoms with Crippen LogP contribution in [0.5, 0.6) is 0 Å². The van der Waals surface area contributed by atoms with Gasteiger partial charge in [0.1, 0.15) is 0 Å². The first-order chi connectivity index (χ1) is 7.25. The summed E-state index contributed by atoms with van der Waals surface area (Å²) in [6, 6.07) is 0. The standard InChI is InChI=1S/C11H20N2O2/c14-10-7-13(8-10)11(15)2-1-9-3-5-12-6-4-9/h9-10,12,14H,1-8H2. The molecule has 2 heterocycles. The number of hydrogen-bond donors (Lipinski definition) is 2. The zero-order chi connectivity index (χ0) is 10.7. The first-order valence-corrected chi connectivity index (χ1v) is 5.92. The average molecular weight is 212 g/mol. The topological polar surface area (TPSA) is 52.6 Å². The highest BCUT2D eigenvalue weighted by atomic mass is 16.3. The molecule has 2 fully saturated rings. The number of β-amino-alcohol motifs (C(OH)–C–C–N with tert-alkyl or cyclic N) is 1. The van der Waals surface area contributed by atoms with Gasteiger partial charge in [0.15, 0.2) is 0 Å². The number of aliphatic hydroxyl groups excluding tert-OH is 1. The molecular formula is C11H20N2O2. The summed E-state index contributed by atoms with van der Waals surface area (Å²) in [6.45, 7) is 3.29. The molecule has 0 aromatic rings. The molecule has 0 spiro atoms. The van der Waals surface area contributed by atoms with Crippen LogP contribution in [-0.2, 0) is 4.79 Å². The monoisotopic (exact) mass is 212 g/mol. The maximum atomic E-state index is 11.6. The molecule has 0 bridgehead atoms. The highest BCUT2D eigenvalue weighted by molar-refractivity contribution is 5.77. The average Bonchev–Trinajstić information content (AvgIpc) is 2.23. The Morgan fingerprint density at radius 1 is 1.33 bits per heavy atom. The summed E-state index contributed by atoms with van der Waals surface area (Å²) in [7, 11) is 0. The third-order valence-corrected chi connectivity index (χ3v) is 3.44. The molecule has 2 aliphatic heterocycles. The molecule has 0 atom stereocenters. The molecule has 0 unspecified atom stereocenters. The minimum Gasteiger partial charge on any atom is -0.389 e. The second kappa shape index (κ2) is 4.94. The van der Waals surface area contributed by atoms with Crippen molar-refractivity contribution >= 4 is 5.91 Å². The number of amides is 1. The summed E-state index contributed by atoms with van der Waals surface area (Å²) in [5, 5.41) is 12.4. The van der Waals surface area contributed by atoms with Crippen molar-refractivity contribution in [2.75, 3.05) is 26.2 Å². The first-order valence-electron chi connectivity index (χ1n) is 5.92. The highest BCUT2D eigenvalue weighted by Crippen LogP contribution is 2.19. The lowest BCUT2D eigenvalue weighted by Gasteiger charge is -2.36. The van der Waals surface area contributed by atoms with Crippen LogP contribution >= 0.6 is 0 Å². The number of carbonyl (C=O) groups excluding carboxylic acids is 1. The Hall–Kier alpha value is -0.610. The molecule has 86 valence electrons. The molecule has 0 saturated carbocycles. The third-order valence-electron chi connectivity index (χ3n) is 3.44. The molecule has 0 radical (unpaired) electrons. The first kappa shape index (κ1) is 10.9. The van der Waals surface area contributed by atoms with Crippen LogP contribution in [-0.4, -0.2) is 48.2 Å². The smallest absolute Gasteiger partial charge is 0.222 e. The third kappa shape index (κ3) is 2.92. The van der Waals surface area contributed by atoms with Crippen molar-refractivity contribution < 1.29 is 9.90 Å². The molecule has 4 nitrogen and oxygen atoms in total. The van der Waals surface area contributed by atoms with Gasteiger partial charge >= 0.3 is 0 Å². The number of nitrogens with one attached hydrogen (secondary N) is 1. The van der Waals surface area contributed by atoms with E-state index >= 15 is 0 Å². The summed E-state index contributed by atoms with van der Waals surface area (Å²) >= 11 is 0. The summed E-state index contributed by atoms with van der Waals surface area (Å²) in [5.41, 5.74) is 0. The molecule has 2 aliphatic rings. The Bertz CT molecular complexity index is 221. The Morgan fingerprint density at radius 2 is 2.00 bits per heavy atom. The number of hydrogen-bond acceptors (Lipinski definition) is 3. The summed E-state index contributed by atoms with van der Waals surface area (Å²) < 4.78 is 0. The molecule has 0 aliphatic carbocycles. The summed E-state index contributed by atoms with van der Waals surface area (Å²) in [4.78, 5) is 13.4. The van der Waals surface area contributed by atoms with Gasteiger partial charge in [-0.1, -0.05) is 0 Å². The number of piperidine rings is 1. The lowest BCUT2D eigenvalue weighted by molar-refractivity contribution is -0.141.